The summed E-state index contributed by atoms with van der Waals surface area (Å²) in [6.45, 7) is 0. The summed E-state index contributed by atoms with van der Waals surface area (Å²) in [4.78, 5) is 0. The molecule has 1 aromatic rings. The molecule has 1 fully saturated rings. The lowest BCUT2D eigenvalue weighted by atomic mass is 9.98. The molecule has 0 radical (unpaired) electrons. The van der Waals surface area contributed by atoms with Crippen LogP contribution in [0.1, 0.15) is 50.2 Å². The number of rotatable bonds is 1. The van der Waals surface area contributed by atoms with E-state index in [0.29, 0.717) is 11.7 Å². The van der Waals surface area contributed by atoms with Crippen LogP contribution in [0, 0.1) is 3.57 Å². The standard InChI is InChI=1S/C10H15IN2O/c11-8-9(14-13-10(8)12)7-5-3-1-2-4-6-7/h7H,1-6H2,(H2,12,13). The number of nitrogens with two attached hydrogens (primary N) is 1. The Balaban J connectivity index is 2.16. The first kappa shape index (κ1) is 10.3. The van der Waals surface area contributed by atoms with E-state index < -0.39 is 0 Å². The molecule has 4 heteroatoms. The number of nitrogens with zero attached hydrogens (tertiary/aromatic N) is 1. The topological polar surface area (TPSA) is 52.0 Å². The zero-order valence-electron chi connectivity index (χ0n) is 8.13. The van der Waals surface area contributed by atoms with Gasteiger partial charge in [0.1, 0.15) is 0 Å². The largest absolute Gasteiger partial charge is 0.380 e. The molecule has 14 heavy (non-hydrogen) atoms. The molecule has 0 amide bonds. The van der Waals surface area contributed by atoms with Crippen molar-refractivity contribution in [3.05, 3.63) is 9.33 Å². The zero-order valence-corrected chi connectivity index (χ0v) is 10.3. The molecule has 0 unspecified atom stereocenters. The quantitative estimate of drug-likeness (QED) is 0.640. The van der Waals surface area contributed by atoms with Gasteiger partial charge in [-0.2, -0.15) is 0 Å². The second-order valence-corrected chi connectivity index (χ2v) is 5.01. The predicted molar refractivity (Wildman–Crippen MR) is 64.1 cm³/mol. The fourth-order valence-corrected chi connectivity index (χ4v) is 2.74. The van der Waals surface area contributed by atoms with E-state index in [2.05, 4.69) is 27.7 Å². The van der Waals surface area contributed by atoms with E-state index in [1.165, 1.54) is 38.5 Å². The fraction of sp³-hybridized carbons (Fsp3) is 0.700. The van der Waals surface area contributed by atoms with Crippen molar-refractivity contribution in [2.75, 3.05) is 5.73 Å². The van der Waals surface area contributed by atoms with Crippen LogP contribution in [-0.4, -0.2) is 5.16 Å². The van der Waals surface area contributed by atoms with Gasteiger partial charge < -0.3 is 10.3 Å². The van der Waals surface area contributed by atoms with Gasteiger partial charge in [-0.25, -0.2) is 0 Å². The Morgan fingerprint density at radius 1 is 1.21 bits per heavy atom. The molecular formula is C10H15IN2O. The maximum atomic E-state index is 5.67. The van der Waals surface area contributed by atoms with Crippen LogP contribution >= 0.6 is 22.6 Å². The molecule has 0 aliphatic heterocycles. The number of anilines is 1. The Kier molecular flexibility index (Phi) is 3.30. The van der Waals surface area contributed by atoms with Gasteiger partial charge in [0.2, 0.25) is 0 Å². The Morgan fingerprint density at radius 2 is 1.86 bits per heavy atom. The van der Waals surface area contributed by atoms with Gasteiger partial charge in [-0.05, 0) is 35.4 Å². The average Bonchev–Trinajstić information content (AvgIpc) is 2.47. The minimum Gasteiger partial charge on any atom is -0.380 e. The van der Waals surface area contributed by atoms with Crippen molar-refractivity contribution in [3.63, 3.8) is 0 Å². The Bertz CT molecular complexity index is 303. The molecule has 1 aliphatic carbocycles. The van der Waals surface area contributed by atoms with Crippen LogP contribution in [0.3, 0.4) is 0 Å². The highest BCUT2D eigenvalue weighted by Crippen LogP contribution is 2.35. The van der Waals surface area contributed by atoms with Crippen molar-refractivity contribution in [1.82, 2.24) is 5.16 Å². The fourth-order valence-electron chi connectivity index (χ4n) is 2.10. The third-order valence-electron chi connectivity index (χ3n) is 2.91. The minimum absolute atomic E-state index is 0.546. The molecule has 0 saturated heterocycles. The monoisotopic (exact) mass is 306 g/mol. The normalized spacial score (nSPS) is 19.5. The van der Waals surface area contributed by atoms with E-state index in [1.54, 1.807) is 0 Å². The number of aromatic nitrogens is 1. The van der Waals surface area contributed by atoms with E-state index in [4.69, 9.17) is 10.3 Å². The van der Waals surface area contributed by atoms with Gasteiger partial charge in [-0.15, -0.1) is 0 Å². The lowest BCUT2D eigenvalue weighted by Crippen LogP contribution is -1.98. The maximum absolute atomic E-state index is 5.67. The third-order valence-corrected chi connectivity index (χ3v) is 3.99. The van der Waals surface area contributed by atoms with E-state index in [0.717, 1.165) is 9.33 Å². The van der Waals surface area contributed by atoms with Crippen LogP contribution in [-0.2, 0) is 0 Å². The predicted octanol–water partition coefficient (Wildman–Crippen LogP) is 3.30. The summed E-state index contributed by atoms with van der Waals surface area (Å²) in [6, 6.07) is 0. The van der Waals surface area contributed by atoms with Gasteiger partial charge in [-0.1, -0.05) is 30.8 Å². The highest BCUT2D eigenvalue weighted by atomic mass is 127. The van der Waals surface area contributed by atoms with E-state index in [-0.39, 0.29) is 0 Å². The molecule has 1 aromatic heterocycles. The SMILES string of the molecule is Nc1noc(C2CCCCCC2)c1I. The number of nitrogen functional groups attached to an aromatic ring is 1. The van der Waals surface area contributed by atoms with E-state index in [1.807, 2.05) is 0 Å². The highest BCUT2D eigenvalue weighted by molar-refractivity contribution is 14.1. The van der Waals surface area contributed by atoms with Crippen LogP contribution in [0.4, 0.5) is 5.82 Å². The molecule has 1 saturated carbocycles. The molecule has 2 rings (SSSR count). The van der Waals surface area contributed by atoms with Gasteiger partial charge >= 0.3 is 0 Å². The molecular weight excluding hydrogens is 291 g/mol. The molecule has 0 atom stereocenters. The summed E-state index contributed by atoms with van der Waals surface area (Å²) < 4.78 is 6.33. The van der Waals surface area contributed by atoms with Crippen LogP contribution < -0.4 is 5.73 Å². The highest BCUT2D eigenvalue weighted by Gasteiger charge is 2.22. The Morgan fingerprint density at radius 3 is 2.36 bits per heavy atom. The van der Waals surface area contributed by atoms with Gasteiger partial charge in [0.05, 0.1) is 3.57 Å². The lowest BCUT2D eigenvalue weighted by molar-refractivity contribution is 0.348. The Labute approximate surface area is 97.5 Å². The van der Waals surface area contributed by atoms with E-state index >= 15 is 0 Å². The Hall–Kier alpha value is -0.260. The second-order valence-electron chi connectivity index (χ2n) is 3.93. The van der Waals surface area contributed by atoms with Gasteiger partial charge in [-0.3, -0.25) is 0 Å². The molecule has 1 aliphatic rings. The first-order valence-electron chi connectivity index (χ1n) is 5.19. The summed E-state index contributed by atoms with van der Waals surface area (Å²) in [6.07, 6.45) is 7.78. The van der Waals surface area contributed by atoms with Crippen LogP contribution in [0.15, 0.2) is 4.52 Å². The zero-order chi connectivity index (χ0) is 9.97. The molecule has 0 spiro atoms. The minimum atomic E-state index is 0.546. The van der Waals surface area contributed by atoms with Crippen LogP contribution in [0.2, 0.25) is 0 Å². The van der Waals surface area contributed by atoms with Crippen molar-refractivity contribution in [3.8, 4) is 0 Å². The van der Waals surface area contributed by atoms with Crippen molar-refractivity contribution >= 4 is 28.4 Å². The van der Waals surface area contributed by atoms with Crippen LogP contribution in [0.25, 0.3) is 0 Å². The van der Waals surface area contributed by atoms with Crippen molar-refractivity contribution in [1.29, 1.82) is 0 Å². The summed E-state index contributed by atoms with van der Waals surface area (Å²) in [5.41, 5.74) is 5.67. The van der Waals surface area contributed by atoms with Gasteiger partial charge in [0.15, 0.2) is 11.6 Å². The van der Waals surface area contributed by atoms with Gasteiger partial charge in [0.25, 0.3) is 0 Å². The molecule has 2 N–H and O–H groups in total. The molecule has 0 bridgehead atoms. The third kappa shape index (κ3) is 2.04. The first-order valence-corrected chi connectivity index (χ1v) is 6.27. The molecule has 1 heterocycles. The molecule has 78 valence electrons. The smallest absolute Gasteiger partial charge is 0.180 e. The summed E-state index contributed by atoms with van der Waals surface area (Å²) in [5, 5.41) is 3.82. The van der Waals surface area contributed by atoms with E-state index in [9.17, 15) is 0 Å². The number of hydrogen-bond acceptors (Lipinski definition) is 3. The summed E-state index contributed by atoms with van der Waals surface area (Å²) in [5.74, 6) is 2.11. The number of halogens is 1. The second kappa shape index (κ2) is 4.51. The summed E-state index contributed by atoms with van der Waals surface area (Å²) in [7, 11) is 0. The van der Waals surface area contributed by atoms with Crippen molar-refractivity contribution in [2.45, 2.75) is 44.4 Å². The average molecular weight is 306 g/mol. The van der Waals surface area contributed by atoms with Crippen molar-refractivity contribution in [2.24, 2.45) is 0 Å². The maximum Gasteiger partial charge on any atom is 0.180 e. The molecule has 3 nitrogen and oxygen atoms in total. The van der Waals surface area contributed by atoms with Gasteiger partial charge in [0, 0.05) is 5.92 Å². The molecule has 0 aromatic carbocycles. The van der Waals surface area contributed by atoms with Crippen LogP contribution in [0.5, 0.6) is 0 Å². The number of hydrogen-bond donors (Lipinski definition) is 1. The summed E-state index contributed by atoms with van der Waals surface area (Å²) >= 11 is 2.23. The van der Waals surface area contributed by atoms with Crippen molar-refractivity contribution < 1.29 is 4.52 Å². The lowest BCUT2D eigenvalue weighted by Gasteiger charge is -2.09. The first-order chi connectivity index (χ1) is 6.79.